The summed E-state index contributed by atoms with van der Waals surface area (Å²) in [5.41, 5.74) is 3.41. The quantitative estimate of drug-likeness (QED) is 0.562. The van der Waals surface area contributed by atoms with Crippen LogP contribution in [-0.2, 0) is 0 Å². The standard InChI is InChI=1S/C23H22N6O/c30-23-12-11-19(16-4-3-13-24-14-16)28-29(23)18-9-7-17(8-10-18)26-22-15-25-20-5-1-2-6-21(20)27-22/h1-6,11-15,17-18H,7-10H2,(H,26,27). The summed E-state index contributed by atoms with van der Waals surface area (Å²) < 4.78 is 1.65. The molecule has 1 aromatic carbocycles. The summed E-state index contributed by atoms with van der Waals surface area (Å²) in [6.45, 7) is 0. The molecule has 1 saturated carbocycles. The van der Waals surface area contributed by atoms with Crippen LogP contribution in [0.2, 0.25) is 0 Å². The maximum atomic E-state index is 12.4. The highest BCUT2D eigenvalue weighted by Gasteiger charge is 2.24. The molecule has 1 fully saturated rings. The van der Waals surface area contributed by atoms with Gasteiger partial charge in [-0.15, -0.1) is 0 Å². The van der Waals surface area contributed by atoms with Gasteiger partial charge in [0, 0.05) is 30.1 Å². The normalized spacial score (nSPS) is 18.9. The third-order valence-electron chi connectivity index (χ3n) is 5.63. The molecule has 0 bridgehead atoms. The van der Waals surface area contributed by atoms with Gasteiger partial charge in [0.25, 0.3) is 5.56 Å². The van der Waals surface area contributed by atoms with Crippen molar-refractivity contribution in [3.05, 3.63) is 77.5 Å². The molecule has 0 aliphatic heterocycles. The molecule has 3 heterocycles. The van der Waals surface area contributed by atoms with Gasteiger partial charge in [-0.2, -0.15) is 5.10 Å². The zero-order valence-corrected chi connectivity index (χ0v) is 16.5. The number of pyridine rings is 1. The zero-order chi connectivity index (χ0) is 20.3. The molecule has 0 amide bonds. The van der Waals surface area contributed by atoms with Crippen LogP contribution >= 0.6 is 0 Å². The van der Waals surface area contributed by atoms with Gasteiger partial charge in [-0.1, -0.05) is 12.1 Å². The fraction of sp³-hybridized carbons (Fsp3) is 0.261. The third kappa shape index (κ3) is 3.78. The molecule has 1 aliphatic carbocycles. The molecule has 1 N–H and O–H groups in total. The Kier molecular flexibility index (Phi) is 4.93. The maximum absolute atomic E-state index is 12.4. The van der Waals surface area contributed by atoms with Crippen molar-refractivity contribution < 1.29 is 0 Å². The fourth-order valence-corrected chi connectivity index (χ4v) is 4.06. The van der Waals surface area contributed by atoms with E-state index in [9.17, 15) is 4.79 Å². The van der Waals surface area contributed by atoms with Gasteiger partial charge in [0.1, 0.15) is 5.82 Å². The Bertz CT molecular complexity index is 1220. The largest absolute Gasteiger partial charge is 0.366 e. The first kappa shape index (κ1) is 18.4. The Morgan fingerprint density at radius 2 is 1.73 bits per heavy atom. The summed E-state index contributed by atoms with van der Waals surface area (Å²) in [6.07, 6.45) is 8.97. The first-order valence-corrected chi connectivity index (χ1v) is 10.2. The van der Waals surface area contributed by atoms with Crippen molar-refractivity contribution in [1.29, 1.82) is 0 Å². The average molecular weight is 398 g/mol. The number of anilines is 1. The van der Waals surface area contributed by atoms with Crippen molar-refractivity contribution >= 4 is 16.9 Å². The van der Waals surface area contributed by atoms with Gasteiger partial charge in [-0.3, -0.25) is 14.8 Å². The number of nitrogens with one attached hydrogen (secondary N) is 1. The number of aromatic nitrogens is 5. The Morgan fingerprint density at radius 1 is 0.900 bits per heavy atom. The minimum absolute atomic E-state index is 0.0561. The first-order chi connectivity index (χ1) is 14.8. The third-order valence-corrected chi connectivity index (χ3v) is 5.63. The van der Waals surface area contributed by atoms with Gasteiger partial charge < -0.3 is 5.32 Å². The maximum Gasteiger partial charge on any atom is 0.267 e. The minimum atomic E-state index is -0.0561. The lowest BCUT2D eigenvalue weighted by Crippen LogP contribution is -2.33. The number of fused-ring (bicyclic) bond motifs is 1. The van der Waals surface area contributed by atoms with Gasteiger partial charge >= 0.3 is 0 Å². The number of hydrogen-bond acceptors (Lipinski definition) is 6. The van der Waals surface area contributed by atoms with Gasteiger partial charge in [-0.05, 0) is 56.0 Å². The van der Waals surface area contributed by atoms with Crippen LogP contribution in [0, 0.1) is 0 Å². The van der Waals surface area contributed by atoms with E-state index in [2.05, 4.69) is 25.4 Å². The van der Waals surface area contributed by atoms with Crippen LogP contribution in [0.5, 0.6) is 0 Å². The molecule has 4 aromatic rings. The second-order valence-corrected chi connectivity index (χ2v) is 7.64. The number of rotatable bonds is 4. The molecule has 3 aromatic heterocycles. The van der Waals surface area contributed by atoms with E-state index in [0.29, 0.717) is 6.04 Å². The molecule has 0 saturated heterocycles. The second kappa shape index (κ2) is 8.02. The number of nitrogens with zero attached hydrogens (tertiary/aromatic N) is 5. The molecule has 0 unspecified atom stereocenters. The summed E-state index contributed by atoms with van der Waals surface area (Å²) in [5.74, 6) is 0.797. The smallest absolute Gasteiger partial charge is 0.267 e. The molecular formula is C23H22N6O. The molecule has 1 aliphatic rings. The zero-order valence-electron chi connectivity index (χ0n) is 16.5. The average Bonchev–Trinajstić information content (AvgIpc) is 2.80. The molecular weight excluding hydrogens is 376 g/mol. The van der Waals surface area contributed by atoms with E-state index in [0.717, 1.165) is 53.8 Å². The van der Waals surface area contributed by atoms with E-state index in [1.165, 1.54) is 0 Å². The number of hydrogen-bond donors (Lipinski definition) is 1. The van der Waals surface area contributed by atoms with Crippen LogP contribution < -0.4 is 10.9 Å². The highest BCUT2D eigenvalue weighted by Crippen LogP contribution is 2.29. The monoisotopic (exact) mass is 398 g/mol. The van der Waals surface area contributed by atoms with Crippen molar-refractivity contribution in [1.82, 2.24) is 24.7 Å². The molecule has 30 heavy (non-hydrogen) atoms. The summed E-state index contributed by atoms with van der Waals surface area (Å²) >= 11 is 0. The predicted octanol–water partition coefficient (Wildman–Crippen LogP) is 3.84. The molecule has 0 atom stereocenters. The minimum Gasteiger partial charge on any atom is -0.366 e. The van der Waals surface area contributed by atoms with E-state index in [1.54, 1.807) is 35.4 Å². The summed E-state index contributed by atoms with van der Waals surface area (Å²) in [5, 5.41) is 8.14. The topological polar surface area (TPSA) is 85.6 Å². The number of para-hydroxylation sites is 2. The van der Waals surface area contributed by atoms with E-state index in [1.807, 2.05) is 36.4 Å². The van der Waals surface area contributed by atoms with Crippen molar-refractivity contribution in [2.45, 2.75) is 37.8 Å². The summed E-state index contributed by atoms with van der Waals surface area (Å²) in [6, 6.07) is 15.5. The summed E-state index contributed by atoms with van der Waals surface area (Å²) in [7, 11) is 0. The number of benzene rings is 1. The first-order valence-electron chi connectivity index (χ1n) is 10.2. The predicted molar refractivity (Wildman–Crippen MR) is 116 cm³/mol. The Morgan fingerprint density at radius 3 is 2.53 bits per heavy atom. The second-order valence-electron chi connectivity index (χ2n) is 7.64. The lowest BCUT2D eigenvalue weighted by molar-refractivity contribution is 0.304. The van der Waals surface area contributed by atoms with Crippen LogP contribution in [-0.4, -0.2) is 30.8 Å². The molecule has 0 radical (unpaired) electrons. The lowest BCUT2D eigenvalue weighted by atomic mass is 9.91. The van der Waals surface area contributed by atoms with Crippen molar-refractivity contribution in [3.8, 4) is 11.3 Å². The Balaban J connectivity index is 1.28. The van der Waals surface area contributed by atoms with E-state index in [4.69, 9.17) is 0 Å². The van der Waals surface area contributed by atoms with Crippen LogP contribution in [0.1, 0.15) is 31.7 Å². The SMILES string of the molecule is O=c1ccc(-c2cccnc2)nn1C1CCC(Nc2cnc3ccccc3n2)CC1. The van der Waals surface area contributed by atoms with E-state index >= 15 is 0 Å². The van der Waals surface area contributed by atoms with Crippen molar-refractivity contribution in [3.63, 3.8) is 0 Å². The molecule has 150 valence electrons. The van der Waals surface area contributed by atoms with E-state index in [-0.39, 0.29) is 11.6 Å². The molecule has 5 rings (SSSR count). The van der Waals surface area contributed by atoms with Gasteiger partial charge in [-0.25, -0.2) is 9.67 Å². The molecule has 0 spiro atoms. The molecule has 7 heteroatoms. The van der Waals surface area contributed by atoms with Gasteiger partial charge in [0.15, 0.2) is 0 Å². The Hall–Kier alpha value is -3.61. The summed E-state index contributed by atoms with van der Waals surface area (Å²) in [4.78, 5) is 25.7. The fourth-order valence-electron chi connectivity index (χ4n) is 4.06. The van der Waals surface area contributed by atoms with Crippen LogP contribution in [0.4, 0.5) is 5.82 Å². The van der Waals surface area contributed by atoms with Crippen molar-refractivity contribution in [2.24, 2.45) is 0 Å². The van der Waals surface area contributed by atoms with Crippen LogP contribution in [0.3, 0.4) is 0 Å². The van der Waals surface area contributed by atoms with Crippen LogP contribution in [0.15, 0.2) is 71.9 Å². The van der Waals surface area contributed by atoms with Gasteiger partial charge in [0.05, 0.1) is 29.0 Å². The van der Waals surface area contributed by atoms with Crippen molar-refractivity contribution in [2.75, 3.05) is 5.32 Å². The molecule has 7 nitrogen and oxygen atoms in total. The van der Waals surface area contributed by atoms with E-state index < -0.39 is 0 Å². The highest BCUT2D eigenvalue weighted by molar-refractivity contribution is 5.75. The van der Waals surface area contributed by atoms with Gasteiger partial charge in [0.2, 0.25) is 0 Å². The highest BCUT2D eigenvalue weighted by atomic mass is 16.1. The lowest BCUT2D eigenvalue weighted by Gasteiger charge is -2.30. The van der Waals surface area contributed by atoms with Crippen LogP contribution in [0.25, 0.3) is 22.3 Å². The Labute approximate surface area is 173 Å².